The van der Waals surface area contributed by atoms with Gasteiger partial charge in [-0.15, -0.1) is 0 Å². The largest absolute Gasteiger partial charge is 0.324 e. The topological polar surface area (TPSA) is 88.8 Å². The normalized spacial score (nSPS) is 10.5. The van der Waals surface area contributed by atoms with Crippen LogP contribution in [-0.2, 0) is 0 Å². The minimum Gasteiger partial charge on any atom is -0.305 e. The second-order valence-electron chi connectivity index (χ2n) is 2.26. The van der Waals surface area contributed by atoms with Gasteiger partial charge in [0.2, 0.25) is 0 Å². The van der Waals surface area contributed by atoms with Crippen LogP contribution in [-0.4, -0.2) is 9.97 Å². The minimum atomic E-state index is -0.244. The molecule has 0 aliphatic heterocycles. The van der Waals surface area contributed by atoms with E-state index in [1.165, 1.54) is 0 Å². The lowest BCUT2D eigenvalue weighted by Crippen LogP contribution is -2.09. The third-order valence-electron chi connectivity index (χ3n) is 1.51. The fourth-order valence-electron chi connectivity index (χ4n) is 1.02. The Morgan fingerprint density at radius 1 is 1.45 bits per heavy atom. The maximum Gasteiger partial charge on any atom is 0.324 e. The van der Waals surface area contributed by atoms with E-state index in [2.05, 4.69) is 15.0 Å². The number of hydrogen-bond donors (Lipinski definition) is 3. The highest BCUT2D eigenvalue weighted by molar-refractivity contribution is 5.81. The van der Waals surface area contributed by atoms with Gasteiger partial charge < -0.3 is 4.98 Å². The van der Waals surface area contributed by atoms with Crippen LogP contribution in [0.25, 0.3) is 11.0 Å². The van der Waals surface area contributed by atoms with Gasteiger partial charge in [0.1, 0.15) is 0 Å². The van der Waals surface area contributed by atoms with Crippen LogP contribution in [0.4, 0.5) is 5.82 Å². The third kappa shape index (κ3) is 0.778. The summed E-state index contributed by atoms with van der Waals surface area (Å²) < 4.78 is 0. The number of nitrogens with two attached hydrogens (primary N) is 1. The monoisotopic (exact) mass is 151 g/mol. The van der Waals surface area contributed by atoms with Gasteiger partial charge in [0, 0.05) is 6.07 Å². The van der Waals surface area contributed by atoms with Crippen molar-refractivity contribution in [2.24, 2.45) is 0 Å². The predicted octanol–water partition coefficient (Wildman–Crippen LogP) is -0.748. The Hall–Kier alpha value is -1.78. The first kappa shape index (κ1) is 5.96. The smallest absolute Gasteiger partial charge is 0.305 e. The van der Waals surface area contributed by atoms with Crippen LogP contribution >= 0.6 is 0 Å². The number of aromatic amines is 3. The van der Waals surface area contributed by atoms with Gasteiger partial charge in [-0.3, -0.25) is 10.7 Å². The zero-order valence-corrected chi connectivity index (χ0v) is 5.64. The van der Waals surface area contributed by atoms with Gasteiger partial charge >= 0.3 is 5.69 Å². The molecule has 56 valence electrons. The lowest BCUT2D eigenvalue weighted by molar-refractivity contribution is -0.358. The minimum absolute atomic E-state index is 0.244. The lowest BCUT2D eigenvalue weighted by atomic mass is 10.4. The summed E-state index contributed by atoms with van der Waals surface area (Å²) in [6.45, 7) is 0. The van der Waals surface area contributed by atoms with E-state index >= 15 is 0 Å². The molecule has 5 nitrogen and oxygen atoms in total. The maximum atomic E-state index is 10.8. The number of pyridine rings is 1. The molecule has 0 amide bonds. The molecule has 0 aliphatic rings. The van der Waals surface area contributed by atoms with Crippen molar-refractivity contribution in [1.82, 2.24) is 9.97 Å². The number of anilines is 1. The molecular formula is C6H7N4O+. The highest BCUT2D eigenvalue weighted by Gasteiger charge is 2.04. The van der Waals surface area contributed by atoms with E-state index in [0.717, 1.165) is 0 Å². The second kappa shape index (κ2) is 1.85. The molecule has 0 fully saturated rings. The molecule has 0 atom stereocenters. The molecule has 0 aliphatic carbocycles. The number of aromatic nitrogens is 3. The van der Waals surface area contributed by atoms with Crippen LogP contribution in [0.3, 0.4) is 0 Å². The van der Waals surface area contributed by atoms with E-state index in [-0.39, 0.29) is 5.69 Å². The Morgan fingerprint density at radius 2 is 2.27 bits per heavy atom. The van der Waals surface area contributed by atoms with Gasteiger partial charge in [0.15, 0.2) is 5.52 Å². The number of H-pyrrole nitrogens is 3. The third-order valence-corrected chi connectivity index (χ3v) is 1.51. The number of nitrogen functional groups attached to an aromatic ring is 1. The fourth-order valence-corrected chi connectivity index (χ4v) is 1.02. The lowest BCUT2D eigenvalue weighted by Gasteiger charge is -1.85. The Labute approximate surface area is 61.3 Å². The maximum absolute atomic E-state index is 10.8. The Kier molecular flexibility index (Phi) is 1.00. The zero-order chi connectivity index (χ0) is 7.84. The number of fused-ring (bicyclic) bond motifs is 1. The SMILES string of the molecule is Nc1[nH+]ccc2[nH]c(=O)[nH]c12. The highest BCUT2D eigenvalue weighted by atomic mass is 16.1. The van der Waals surface area contributed by atoms with Crippen molar-refractivity contribution >= 4 is 16.9 Å². The molecule has 0 spiro atoms. The quantitative estimate of drug-likeness (QED) is 0.462. The van der Waals surface area contributed by atoms with Gasteiger partial charge in [-0.05, 0) is 0 Å². The summed E-state index contributed by atoms with van der Waals surface area (Å²) >= 11 is 0. The molecule has 0 aromatic carbocycles. The molecule has 2 aromatic heterocycles. The summed E-state index contributed by atoms with van der Waals surface area (Å²) in [6, 6.07) is 1.74. The Balaban J connectivity index is 3.01. The molecule has 2 rings (SSSR count). The van der Waals surface area contributed by atoms with Crippen molar-refractivity contribution in [2.45, 2.75) is 0 Å². The predicted molar refractivity (Wildman–Crippen MR) is 39.9 cm³/mol. The van der Waals surface area contributed by atoms with Crippen LogP contribution in [0.5, 0.6) is 0 Å². The second-order valence-corrected chi connectivity index (χ2v) is 2.26. The number of imidazole rings is 1. The summed E-state index contributed by atoms with van der Waals surface area (Å²) in [7, 11) is 0. The molecule has 2 heterocycles. The first-order valence-electron chi connectivity index (χ1n) is 3.15. The van der Waals surface area contributed by atoms with Crippen molar-refractivity contribution in [3.05, 3.63) is 22.7 Å². The fraction of sp³-hybridized carbons (Fsp3) is 0. The van der Waals surface area contributed by atoms with Gasteiger partial charge in [0.25, 0.3) is 5.82 Å². The molecule has 0 bridgehead atoms. The Morgan fingerprint density at radius 3 is 3.00 bits per heavy atom. The molecule has 0 saturated carbocycles. The summed E-state index contributed by atoms with van der Waals surface area (Å²) in [6.07, 6.45) is 1.67. The summed E-state index contributed by atoms with van der Waals surface area (Å²) in [5.74, 6) is 0.459. The van der Waals surface area contributed by atoms with E-state index in [1.807, 2.05) is 0 Å². The molecule has 11 heavy (non-hydrogen) atoms. The van der Waals surface area contributed by atoms with Crippen molar-refractivity contribution < 1.29 is 4.98 Å². The number of rotatable bonds is 0. The summed E-state index contributed by atoms with van der Waals surface area (Å²) in [4.78, 5) is 18.7. The average Bonchev–Trinajstić information content (AvgIpc) is 2.31. The van der Waals surface area contributed by atoms with Crippen LogP contribution < -0.4 is 16.4 Å². The van der Waals surface area contributed by atoms with E-state index in [9.17, 15) is 4.79 Å². The zero-order valence-electron chi connectivity index (χ0n) is 5.64. The van der Waals surface area contributed by atoms with Crippen molar-refractivity contribution in [3.8, 4) is 0 Å². The first-order valence-corrected chi connectivity index (χ1v) is 3.15. The van der Waals surface area contributed by atoms with Crippen LogP contribution in [0, 0.1) is 0 Å². The Bertz CT molecular complexity index is 441. The first-order chi connectivity index (χ1) is 5.27. The summed E-state index contributed by atoms with van der Waals surface area (Å²) in [5, 5.41) is 0. The molecule has 5 N–H and O–H groups in total. The molecule has 0 saturated heterocycles. The van der Waals surface area contributed by atoms with Crippen LogP contribution in [0.15, 0.2) is 17.1 Å². The van der Waals surface area contributed by atoms with Crippen molar-refractivity contribution in [2.75, 3.05) is 5.73 Å². The van der Waals surface area contributed by atoms with E-state index in [1.54, 1.807) is 12.3 Å². The average molecular weight is 151 g/mol. The van der Waals surface area contributed by atoms with Gasteiger partial charge in [-0.25, -0.2) is 9.78 Å². The standard InChI is InChI=1S/C6H6N4O/c7-5-4-3(1-2-8-5)9-6(11)10-4/h1-2H,(H2,7,8)(H2,9,10,11)/p+1. The number of hydrogen-bond acceptors (Lipinski definition) is 2. The van der Waals surface area contributed by atoms with Gasteiger partial charge in [0.05, 0.1) is 11.7 Å². The highest BCUT2D eigenvalue weighted by Crippen LogP contribution is 2.07. The molecule has 2 aromatic rings. The molecule has 5 heteroatoms. The molecular weight excluding hydrogens is 144 g/mol. The van der Waals surface area contributed by atoms with Gasteiger partial charge in [-0.1, -0.05) is 0 Å². The molecule has 0 unspecified atom stereocenters. The van der Waals surface area contributed by atoms with E-state index in [4.69, 9.17) is 5.73 Å². The van der Waals surface area contributed by atoms with Crippen LogP contribution in [0.1, 0.15) is 0 Å². The molecule has 0 radical (unpaired) electrons. The van der Waals surface area contributed by atoms with Crippen molar-refractivity contribution in [1.29, 1.82) is 0 Å². The number of nitrogens with one attached hydrogen (secondary N) is 3. The van der Waals surface area contributed by atoms with E-state index < -0.39 is 0 Å². The van der Waals surface area contributed by atoms with Crippen molar-refractivity contribution in [3.63, 3.8) is 0 Å². The van der Waals surface area contributed by atoms with Gasteiger partial charge in [-0.2, -0.15) is 0 Å². The van der Waals surface area contributed by atoms with Crippen LogP contribution in [0.2, 0.25) is 0 Å². The van der Waals surface area contributed by atoms with E-state index in [0.29, 0.717) is 16.9 Å². The summed E-state index contributed by atoms with van der Waals surface area (Å²) in [5.41, 5.74) is 6.62.